The summed E-state index contributed by atoms with van der Waals surface area (Å²) in [5.74, 6) is -2.81. The summed E-state index contributed by atoms with van der Waals surface area (Å²) < 4.78 is 37.6. The SMILES string of the molecule is CC(=O)OC[C@H]1O[C@H](OCCCNC(=O)OC(C)(C)C)[C@H](OC(C)=O)[C@@H](OC(C)=O)[C@H]1OC(C)=O. The highest BCUT2D eigenvalue weighted by Crippen LogP contribution is 2.30. The van der Waals surface area contributed by atoms with E-state index in [0.717, 1.165) is 20.8 Å². The van der Waals surface area contributed by atoms with Crippen LogP contribution in [0.15, 0.2) is 0 Å². The van der Waals surface area contributed by atoms with E-state index >= 15 is 0 Å². The Morgan fingerprint density at radius 1 is 0.800 bits per heavy atom. The van der Waals surface area contributed by atoms with E-state index in [9.17, 15) is 24.0 Å². The first kappa shape index (κ1) is 30.1. The fourth-order valence-electron chi connectivity index (χ4n) is 3.10. The minimum atomic E-state index is -1.31. The average Bonchev–Trinajstić information content (AvgIpc) is 2.67. The zero-order valence-electron chi connectivity index (χ0n) is 21.1. The van der Waals surface area contributed by atoms with Gasteiger partial charge in [0, 0.05) is 34.2 Å². The van der Waals surface area contributed by atoms with Crippen molar-refractivity contribution >= 4 is 30.0 Å². The topological polar surface area (TPSA) is 162 Å². The van der Waals surface area contributed by atoms with Crippen LogP contribution in [0.4, 0.5) is 4.79 Å². The number of carbonyl (C=O) groups excluding carboxylic acids is 5. The van der Waals surface area contributed by atoms with Crippen LogP contribution in [-0.2, 0) is 52.3 Å². The lowest BCUT2D eigenvalue weighted by Gasteiger charge is -2.44. The molecule has 0 bridgehead atoms. The molecule has 13 heteroatoms. The molecule has 1 fully saturated rings. The van der Waals surface area contributed by atoms with Gasteiger partial charge in [-0.2, -0.15) is 0 Å². The number of alkyl carbamates (subject to hydrolysis) is 1. The number of nitrogens with one attached hydrogen (secondary N) is 1. The molecule has 13 nitrogen and oxygen atoms in total. The van der Waals surface area contributed by atoms with Crippen molar-refractivity contribution in [3.63, 3.8) is 0 Å². The van der Waals surface area contributed by atoms with Crippen molar-refractivity contribution in [1.29, 1.82) is 0 Å². The van der Waals surface area contributed by atoms with Gasteiger partial charge in [0.05, 0.1) is 6.61 Å². The fourth-order valence-corrected chi connectivity index (χ4v) is 3.10. The quantitative estimate of drug-likeness (QED) is 0.255. The maximum absolute atomic E-state index is 11.8. The summed E-state index contributed by atoms with van der Waals surface area (Å²) in [5, 5.41) is 2.57. The van der Waals surface area contributed by atoms with E-state index in [1.807, 2.05) is 0 Å². The first-order chi connectivity index (χ1) is 16.2. The summed E-state index contributed by atoms with van der Waals surface area (Å²) in [6.45, 7) is 9.68. The van der Waals surface area contributed by atoms with E-state index < -0.39 is 66.3 Å². The second kappa shape index (κ2) is 13.8. The highest BCUT2D eigenvalue weighted by atomic mass is 16.7. The standard InChI is InChI=1S/C22H35NO12/c1-12(24)30-11-16-17(31-13(2)25)18(32-14(3)26)19(33-15(4)27)20(34-16)29-10-8-9-23-21(28)35-22(5,6)7/h16-20H,8-11H2,1-7H3,(H,23,28)/t16-,17+,18+,19-,20+/m1/s1. The second-order valence-electron chi connectivity index (χ2n) is 8.72. The predicted octanol–water partition coefficient (Wildman–Crippen LogP) is 1.00. The van der Waals surface area contributed by atoms with Gasteiger partial charge >= 0.3 is 30.0 Å². The second-order valence-corrected chi connectivity index (χ2v) is 8.72. The largest absolute Gasteiger partial charge is 0.463 e. The highest BCUT2D eigenvalue weighted by molar-refractivity contribution is 5.69. The number of amides is 1. The van der Waals surface area contributed by atoms with Gasteiger partial charge in [-0.25, -0.2) is 4.79 Å². The van der Waals surface area contributed by atoms with E-state index in [-0.39, 0.29) is 19.8 Å². The summed E-state index contributed by atoms with van der Waals surface area (Å²) in [5.41, 5.74) is -0.644. The molecule has 0 saturated carbocycles. The lowest BCUT2D eigenvalue weighted by molar-refractivity contribution is -0.308. The molecular weight excluding hydrogens is 470 g/mol. The molecule has 1 aliphatic rings. The average molecular weight is 506 g/mol. The van der Waals surface area contributed by atoms with Crippen LogP contribution < -0.4 is 5.32 Å². The molecule has 0 aromatic carbocycles. The number of esters is 4. The molecule has 1 rings (SSSR count). The zero-order chi connectivity index (χ0) is 26.8. The van der Waals surface area contributed by atoms with Crippen molar-refractivity contribution in [2.24, 2.45) is 0 Å². The van der Waals surface area contributed by atoms with E-state index in [1.54, 1.807) is 20.8 Å². The molecule has 0 spiro atoms. The molecule has 1 N–H and O–H groups in total. The Morgan fingerprint density at radius 2 is 1.34 bits per heavy atom. The first-order valence-electron chi connectivity index (χ1n) is 11.1. The smallest absolute Gasteiger partial charge is 0.407 e. The van der Waals surface area contributed by atoms with E-state index in [4.69, 9.17) is 33.2 Å². The monoisotopic (exact) mass is 505 g/mol. The van der Waals surface area contributed by atoms with Crippen molar-refractivity contribution in [2.75, 3.05) is 19.8 Å². The molecule has 1 heterocycles. The van der Waals surface area contributed by atoms with Crippen LogP contribution in [0.3, 0.4) is 0 Å². The Hall–Kier alpha value is -2.93. The Kier molecular flexibility index (Phi) is 11.9. The van der Waals surface area contributed by atoms with Crippen LogP contribution in [0.25, 0.3) is 0 Å². The van der Waals surface area contributed by atoms with Crippen LogP contribution in [0.2, 0.25) is 0 Å². The van der Waals surface area contributed by atoms with E-state index in [0.29, 0.717) is 6.42 Å². The van der Waals surface area contributed by atoms with Crippen molar-refractivity contribution < 1.29 is 57.1 Å². The maximum atomic E-state index is 11.8. The third-order valence-electron chi connectivity index (χ3n) is 4.22. The van der Waals surface area contributed by atoms with Gasteiger partial charge in [0.1, 0.15) is 18.3 Å². The molecule has 0 aliphatic carbocycles. The van der Waals surface area contributed by atoms with Gasteiger partial charge in [-0.1, -0.05) is 0 Å². The van der Waals surface area contributed by atoms with Crippen LogP contribution in [0, 0.1) is 0 Å². The van der Waals surface area contributed by atoms with Gasteiger partial charge in [0.25, 0.3) is 0 Å². The third kappa shape index (κ3) is 11.9. The zero-order valence-corrected chi connectivity index (χ0v) is 21.1. The van der Waals surface area contributed by atoms with Crippen molar-refractivity contribution in [3.05, 3.63) is 0 Å². The summed E-state index contributed by atoms with van der Waals surface area (Å²) in [7, 11) is 0. The number of rotatable bonds is 10. The number of ether oxygens (including phenoxy) is 7. The molecule has 1 saturated heterocycles. The molecule has 1 amide bonds. The molecule has 0 aromatic heterocycles. The number of hydrogen-bond acceptors (Lipinski definition) is 12. The predicted molar refractivity (Wildman–Crippen MR) is 117 cm³/mol. The molecular formula is C22H35NO12. The van der Waals surface area contributed by atoms with Crippen molar-refractivity contribution in [3.8, 4) is 0 Å². The van der Waals surface area contributed by atoms with E-state index in [1.165, 1.54) is 6.92 Å². The Morgan fingerprint density at radius 3 is 1.86 bits per heavy atom. The normalized spacial score (nSPS) is 24.0. The summed E-state index contributed by atoms with van der Waals surface area (Å²) >= 11 is 0. The van der Waals surface area contributed by atoms with Crippen LogP contribution in [0.1, 0.15) is 54.9 Å². The molecule has 5 atom stereocenters. The van der Waals surface area contributed by atoms with Crippen LogP contribution in [0.5, 0.6) is 0 Å². The van der Waals surface area contributed by atoms with Crippen LogP contribution in [-0.4, -0.2) is 86.0 Å². The van der Waals surface area contributed by atoms with Gasteiger partial charge in [-0.15, -0.1) is 0 Å². The van der Waals surface area contributed by atoms with Gasteiger partial charge in [0.15, 0.2) is 24.6 Å². The minimum Gasteiger partial charge on any atom is -0.463 e. The minimum absolute atomic E-state index is 0.0313. The Labute approximate surface area is 204 Å². The first-order valence-corrected chi connectivity index (χ1v) is 11.1. The Balaban J connectivity index is 2.98. The third-order valence-corrected chi connectivity index (χ3v) is 4.22. The molecule has 0 radical (unpaired) electrons. The van der Waals surface area contributed by atoms with Gasteiger partial charge in [-0.05, 0) is 27.2 Å². The lowest BCUT2D eigenvalue weighted by atomic mass is 9.98. The molecule has 200 valence electrons. The highest BCUT2D eigenvalue weighted by Gasteiger charge is 2.52. The van der Waals surface area contributed by atoms with Gasteiger partial charge < -0.3 is 38.5 Å². The maximum Gasteiger partial charge on any atom is 0.407 e. The Bertz CT molecular complexity index is 762. The lowest BCUT2D eigenvalue weighted by Crippen LogP contribution is -2.63. The van der Waals surface area contributed by atoms with Crippen molar-refractivity contribution in [1.82, 2.24) is 5.32 Å². The molecule has 0 aromatic rings. The molecule has 0 unspecified atom stereocenters. The summed E-state index contributed by atoms with van der Waals surface area (Å²) in [6.07, 6.45) is -6.49. The molecule has 1 aliphatic heterocycles. The van der Waals surface area contributed by atoms with Gasteiger partial charge in [0.2, 0.25) is 0 Å². The number of carbonyl (C=O) groups is 5. The van der Waals surface area contributed by atoms with Crippen molar-refractivity contribution in [2.45, 2.75) is 91.2 Å². The van der Waals surface area contributed by atoms with E-state index in [2.05, 4.69) is 5.32 Å². The van der Waals surface area contributed by atoms with Gasteiger partial charge in [-0.3, -0.25) is 19.2 Å². The van der Waals surface area contributed by atoms with Crippen LogP contribution >= 0.6 is 0 Å². The summed E-state index contributed by atoms with van der Waals surface area (Å²) in [6, 6.07) is 0. The fraction of sp³-hybridized carbons (Fsp3) is 0.773. The summed E-state index contributed by atoms with van der Waals surface area (Å²) in [4.78, 5) is 58.4. The molecule has 35 heavy (non-hydrogen) atoms. The number of hydrogen-bond donors (Lipinski definition) is 1.